The molecule has 0 heterocycles. The van der Waals surface area contributed by atoms with Crippen molar-refractivity contribution in [2.75, 3.05) is 5.32 Å². The van der Waals surface area contributed by atoms with Gasteiger partial charge in [0.15, 0.2) is 0 Å². The van der Waals surface area contributed by atoms with E-state index in [2.05, 4.69) is 5.32 Å². The zero-order chi connectivity index (χ0) is 22.8. The van der Waals surface area contributed by atoms with Gasteiger partial charge in [0.1, 0.15) is 17.3 Å². The molecular weight excluding hydrogens is 451 g/mol. The maximum Gasteiger partial charge on any atom is 0.416 e. The Morgan fingerprint density at radius 2 is 1.35 bits per heavy atom. The second-order valence-corrected chi connectivity index (χ2v) is 6.83. The molecule has 0 aliphatic rings. The Hall–Kier alpha value is -2.94. The van der Waals surface area contributed by atoms with Gasteiger partial charge in [0.2, 0.25) is 0 Å². The van der Waals surface area contributed by atoms with Gasteiger partial charge < -0.3 is 10.1 Å². The van der Waals surface area contributed by atoms with Crippen LogP contribution < -0.4 is 10.1 Å². The van der Waals surface area contributed by atoms with Crippen LogP contribution in [-0.4, -0.2) is 0 Å². The fourth-order valence-corrected chi connectivity index (χ4v) is 2.88. The molecule has 0 unspecified atom stereocenters. The first-order valence-corrected chi connectivity index (χ1v) is 9.05. The number of hydrogen-bond acceptors (Lipinski definition) is 2. The summed E-state index contributed by atoms with van der Waals surface area (Å²) in [6.45, 7) is 0.0638. The van der Waals surface area contributed by atoms with Crippen molar-refractivity contribution in [2.45, 2.75) is 18.9 Å². The van der Waals surface area contributed by atoms with Crippen molar-refractivity contribution >= 4 is 17.3 Å². The number of hydrogen-bond donors (Lipinski definition) is 1. The lowest BCUT2D eigenvalue weighted by molar-refractivity contribution is -0.143. The highest BCUT2D eigenvalue weighted by atomic mass is 35.5. The van der Waals surface area contributed by atoms with Crippen molar-refractivity contribution in [1.82, 2.24) is 0 Å². The Balaban J connectivity index is 1.76. The standard InChI is InChI=1S/C21H13ClF7NO/c22-18-2-1-3-19(23)17(18)11-30-14-4-6-15(7-5-14)31-16-9-12(20(24,25)26)8-13(10-16)21(27,28)29/h1-10,30H,11H2. The van der Waals surface area contributed by atoms with E-state index >= 15 is 0 Å². The Morgan fingerprint density at radius 3 is 1.87 bits per heavy atom. The number of halogens is 8. The van der Waals surface area contributed by atoms with Crippen LogP contribution in [0, 0.1) is 5.82 Å². The van der Waals surface area contributed by atoms with Crippen LogP contribution in [-0.2, 0) is 18.9 Å². The second kappa shape index (κ2) is 8.66. The van der Waals surface area contributed by atoms with Gasteiger partial charge in [-0.3, -0.25) is 0 Å². The van der Waals surface area contributed by atoms with Crippen LogP contribution in [0.5, 0.6) is 11.5 Å². The van der Waals surface area contributed by atoms with E-state index in [1.54, 1.807) is 0 Å². The lowest BCUT2D eigenvalue weighted by Gasteiger charge is -2.15. The molecule has 10 heteroatoms. The number of benzene rings is 3. The summed E-state index contributed by atoms with van der Waals surface area (Å²) in [6, 6.07) is 10.9. The maximum atomic E-state index is 13.8. The monoisotopic (exact) mass is 463 g/mol. The molecule has 0 radical (unpaired) electrons. The fourth-order valence-electron chi connectivity index (χ4n) is 2.65. The minimum Gasteiger partial charge on any atom is -0.457 e. The average molecular weight is 464 g/mol. The lowest BCUT2D eigenvalue weighted by Crippen LogP contribution is -2.11. The molecule has 0 spiro atoms. The molecule has 3 rings (SSSR count). The molecule has 0 fully saturated rings. The molecule has 0 amide bonds. The van der Waals surface area contributed by atoms with Crippen molar-refractivity contribution in [3.05, 3.63) is 88.2 Å². The van der Waals surface area contributed by atoms with Crippen LogP contribution >= 0.6 is 11.6 Å². The van der Waals surface area contributed by atoms with E-state index in [0.717, 1.165) is 0 Å². The Labute approximate surface area is 177 Å². The first kappa shape index (κ1) is 22.7. The molecule has 0 atom stereocenters. The predicted octanol–water partition coefficient (Wildman–Crippen LogP) is 7.92. The normalized spacial score (nSPS) is 12.0. The van der Waals surface area contributed by atoms with Crippen LogP contribution in [0.2, 0.25) is 5.02 Å². The van der Waals surface area contributed by atoms with Crippen molar-refractivity contribution < 1.29 is 35.5 Å². The Kier molecular flexibility index (Phi) is 6.35. The summed E-state index contributed by atoms with van der Waals surface area (Å²) in [5.41, 5.74) is -2.20. The number of alkyl halides is 6. The summed E-state index contributed by atoms with van der Waals surface area (Å²) in [4.78, 5) is 0. The Bertz CT molecular complexity index is 1010. The highest BCUT2D eigenvalue weighted by molar-refractivity contribution is 6.31. The molecular formula is C21H13ClF7NO. The number of ether oxygens (including phenoxy) is 1. The van der Waals surface area contributed by atoms with Crippen molar-refractivity contribution in [3.8, 4) is 11.5 Å². The number of rotatable bonds is 5. The molecule has 0 aliphatic heterocycles. The zero-order valence-corrected chi connectivity index (χ0v) is 16.2. The van der Waals surface area contributed by atoms with Crippen LogP contribution in [0.25, 0.3) is 0 Å². The number of anilines is 1. The minimum atomic E-state index is -4.97. The quantitative estimate of drug-likeness (QED) is 0.388. The van der Waals surface area contributed by atoms with E-state index in [1.165, 1.54) is 42.5 Å². The maximum absolute atomic E-state index is 13.8. The highest BCUT2D eigenvalue weighted by Crippen LogP contribution is 2.39. The second-order valence-electron chi connectivity index (χ2n) is 6.42. The molecule has 0 bridgehead atoms. The molecule has 0 saturated heterocycles. The topological polar surface area (TPSA) is 21.3 Å². The molecule has 0 aliphatic carbocycles. The van der Waals surface area contributed by atoms with Gasteiger partial charge in [-0.05, 0) is 54.6 Å². The average Bonchev–Trinajstić information content (AvgIpc) is 2.67. The zero-order valence-electron chi connectivity index (χ0n) is 15.4. The van der Waals surface area contributed by atoms with Gasteiger partial charge in [0.05, 0.1) is 11.1 Å². The largest absolute Gasteiger partial charge is 0.457 e. The van der Waals surface area contributed by atoms with Gasteiger partial charge in [0.25, 0.3) is 0 Å². The SMILES string of the molecule is Fc1cccc(Cl)c1CNc1ccc(Oc2cc(C(F)(F)F)cc(C(F)(F)F)c2)cc1. The summed E-state index contributed by atoms with van der Waals surface area (Å²) >= 11 is 5.94. The number of nitrogens with one attached hydrogen (secondary N) is 1. The third-order valence-corrected chi connectivity index (χ3v) is 4.54. The van der Waals surface area contributed by atoms with Gasteiger partial charge in [-0.2, -0.15) is 26.3 Å². The molecule has 31 heavy (non-hydrogen) atoms. The third kappa shape index (κ3) is 5.81. The molecule has 0 aromatic heterocycles. The van der Waals surface area contributed by atoms with Crippen molar-refractivity contribution in [1.29, 1.82) is 0 Å². The summed E-state index contributed by atoms with van der Waals surface area (Å²) in [5.74, 6) is -1.09. The fraction of sp³-hybridized carbons (Fsp3) is 0.143. The van der Waals surface area contributed by atoms with E-state index < -0.39 is 35.0 Å². The molecule has 0 saturated carbocycles. The first-order valence-electron chi connectivity index (χ1n) is 8.67. The predicted molar refractivity (Wildman–Crippen MR) is 102 cm³/mol. The van der Waals surface area contributed by atoms with Gasteiger partial charge >= 0.3 is 12.4 Å². The van der Waals surface area contributed by atoms with Crippen LogP contribution in [0.3, 0.4) is 0 Å². The van der Waals surface area contributed by atoms with Crippen LogP contribution in [0.15, 0.2) is 60.7 Å². The summed E-state index contributed by atoms with van der Waals surface area (Å²) in [5, 5.41) is 3.15. The van der Waals surface area contributed by atoms with E-state index in [0.29, 0.717) is 17.8 Å². The summed E-state index contributed by atoms with van der Waals surface area (Å²) in [6.07, 6.45) is -9.94. The van der Waals surface area contributed by atoms with Crippen molar-refractivity contribution in [2.24, 2.45) is 0 Å². The molecule has 164 valence electrons. The van der Waals surface area contributed by atoms with Gasteiger partial charge in [-0.25, -0.2) is 4.39 Å². The van der Waals surface area contributed by atoms with E-state index in [1.807, 2.05) is 0 Å². The van der Waals surface area contributed by atoms with Gasteiger partial charge in [-0.15, -0.1) is 0 Å². The van der Waals surface area contributed by atoms with Gasteiger partial charge in [0, 0.05) is 22.8 Å². The highest BCUT2D eigenvalue weighted by Gasteiger charge is 2.37. The van der Waals surface area contributed by atoms with E-state index in [9.17, 15) is 30.7 Å². The molecule has 1 N–H and O–H groups in total. The summed E-state index contributed by atoms with van der Waals surface area (Å²) < 4.78 is 96.6. The molecule has 3 aromatic carbocycles. The molecule has 2 nitrogen and oxygen atoms in total. The van der Waals surface area contributed by atoms with Gasteiger partial charge in [-0.1, -0.05) is 17.7 Å². The van der Waals surface area contributed by atoms with E-state index in [-0.39, 0.29) is 28.9 Å². The Morgan fingerprint density at radius 1 is 0.774 bits per heavy atom. The van der Waals surface area contributed by atoms with Crippen LogP contribution in [0.4, 0.5) is 36.4 Å². The van der Waals surface area contributed by atoms with E-state index in [4.69, 9.17) is 16.3 Å². The van der Waals surface area contributed by atoms with Crippen LogP contribution in [0.1, 0.15) is 16.7 Å². The third-order valence-electron chi connectivity index (χ3n) is 4.18. The molecule has 3 aromatic rings. The smallest absolute Gasteiger partial charge is 0.416 e. The first-order chi connectivity index (χ1) is 14.4. The lowest BCUT2D eigenvalue weighted by atomic mass is 10.1. The van der Waals surface area contributed by atoms with Crippen molar-refractivity contribution in [3.63, 3.8) is 0 Å². The summed E-state index contributed by atoms with van der Waals surface area (Å²) in [7, 11) is 0. The minimum absolute atomic E-state index is 0.0157.